The number of carboxylic acids is 1. The molecule has 2 aromatic carbocycles. The lowest BCUT2D eigenvalue weighted by molar-refractivity contribution is -0.143. The van der Waals surface area contributed by atoms with E-state index in [0.717, 1.165) is 22.3 Å². The van der Waals surface area contributed by atoms with Crippen LogP contribution < -0.4 is 10.6 Å². The summed E-state index contributed by atoms with van der Waals surface area (Å²) in [5, 5.41) is 22.8. The van der Waals surface area contributed by atoms with E-state index in [1.165, 1.54) is 0 Å². The largest absolute Gasteiger partial charge is 0.480 e. The van der Waals surface area contributed by atoms with E-state index in [2.05, 4.69) is 22.8 Å². The number of aliphatic hydroxyl groups excluding tert-OH is 1. The van der Waals surface area contributed by atoms with Crippen molar-refractivity contribution in [3.05, 3.63) is 59.7 Å². The van der Waals surface area contributed by atoms with Crippen LogP contribution in [0.4, 0.5) is 4.79 Å². The number of aliphatic carboxylic acids is 1. The van der Waals surface area contributed by atoms with Gasteiger partial charge >= 0.3 is 12.1 Å². The third-order valence-electron chi connectivity index (χ3n) is 5.41. The van der Waals surface area contributed by atoms with Crippen molar-refractivity contribution in [2.75, 3.05) is 13.2 Å². The predicted molar refractivity (Wildman–Crippen MR) is 114 cm³/mol. The van der Waals surface area contributed by atoms with E-state index in [0.29, 0.717) is 6.42 Å². The Hall–Kier alpha value is -3.39. The van der Waals surface area contributed by atoms with E-state index in [9.17, 15) is 14.4 Å². The van der Waals surface area contributed by atoms with Gasteiger partial charge in [0.05, 0.1) is 6.61 Å². The Bertz CT molecular complexity index is 915. The summed E-state index contributed by atoms with van der Waals surface area (Å²) in [5.41, 5.74) is 4.47. The first-order chi connectivity index (χ1) is 14.9. The Morgan fingerprint density at radius 3 is 2.10 bits per heavy atom. The second kappa shape index (κ2) is 10.1. The van der Waals surface area contributed by atoms with Crippen molar-refractivity contribution in [1.82, 2.24) is 10.6 Å². The SMILES string of the molecule is CCC(CC(=O)NC(CO)C(=O)O)NC(=O)OCC1c2ccccc2-c2ccccc21. The maximum absolute atomic E-state index is 12.4. The number of rotatable bonds is 9. The Morgan fingerprint density at radius 1 is 1.00 bits per heavy atom. The van der Waals surface area contributed by atoms with E-state index in [1.54, 1.807) is 6.92 Å². The molecule has 4 N–H and O–H groups in total. The Labute approximate surface area is 180 Å². The molecule has 31 heavy (non-hydrogen) atoms. The van der Waals surface area contributed by atoms with Gasteiger partial charge in [0.2, 0.25) is 5.91 Å². The maximum atomic E-state index is 12.4. The topological polar surface area (TPSA) is 125 Å². The van der Waals surface area contributed by atoms with Gasteiger partial charge in [-0.05, 0) is 28.7 Å². The number of hydrogen-bond acceptors (Lipinski definition) is 5. The Kier molecular flexibility index (Phi) is 7.25. The van der Waals surface area contributed by atoms with Crippen LogP contribution in [0.15, 0.2) is 48.5 Å². The minimum atomic E-state index is -1.38. The van der Waals surface area contributed by atoms with Crippen LogP contribution in [0.25, 0.3) is 11.1 Å². The second-order valence-corrected chi connectivity index (χ2v) is 7.42. The van der Waals surface area contributed by atoms with Gasteiger partial charge < -0.3 is 25.6 Å². The summed E-state index contributed by atoms with van der Waals surface area (Å²) in [6.45, 7) is 1.24. The van der Waals surface area contributed by atoms with Crippen LogP contribution in [0.5, 0.6) is 0 Å². The summed E-state index contributed by atoms with van der Waals surface area (Å²) >= 11 is 0. The number of carboxylic acid groups (broad SMARTS) is 1. The van der Waals surface area contributed by atoms with Crippen LogP contribution >= 0.6 is 0 Å². The van der Waals surface area contributed by atoms with E-state index >= 15 is 0 Å². The average Bonchev–Trinajstić information content (AvgIpc) is 3.09. The number of amides is 2. The molecule has 164 valence electrons. The zero-order chi connectivity index (χ0) is 22.4. The summed E-state index contributed by atoms with van der Waals surface area (Å²) in [4.78, 5) is 35.3. The van der Waals surface area contributed by atoms with Gasteiger partial charge in [-0.3, -0.25) is 4.79 Å². The zero-order valence-electron chi connectivity index (χ0n) is 17.2. The maximum Gasteiger partial charge on any atom is 0.407 e. The molecule has 2 amide bonds. The van der Waals surface area contributed by atoms with Gasteiger partial charge in [-0.15, -0.1) is 0 Å². The van der Waals surface area contributed by atoms with E-state index in [1.807, 2.05) is 36.4 Å². The number of fused-ring (bicyclic) bond motifs is 3. The zero-order valence-corrected chi connectivity index (χ0v) is 17.2. The van der Waals surface area contributed by atoms with Gasteiger partial charge in [-0.1, -0.05) is 55.5 Å². The number of nitrogens with one attached hydrogen (secondary N) is 2. The molecule has 0 heterocycles. The van der Waals surface area contributed by atoms with Crippen molar-refractivity contribution in [2.45, 2.75) is 37.8 Å². The van der Waals surface area contributed by atoms with Crippen LogP contribution in [-0.2, 0) is 14.3 Å². The monoisotopic (exact) mass is 426 g/mol. The molecular weight excluding hydrogens is 400 g/mol. The molecule has 0 bridgehead atoms. The smallest absolute Gasteiger partial charge is 0.407 e. The number of benzene rings is 2. The first-order valence-electron chi connectivity index (χ1n) is 10.2. The standard InChI is InChI=1S/C23H26N2O6/c1-2-14(11-21(27)25-20(12-26)22(28)29)24-23(30)31-13-19-17-9-5-3-7-15(17)16-8-4-6-10-18(16)19/h3-10,14,19-20,26H,2,11-13H2,1H3,(H,24,30)(H,25,27)(H,28,29). The van der Waals surface area contributed by atoms with Gasteiger partial charge in [-0.25, -0.2) is 9.59 Å². The van der Waals surface area contributed by atoms with Crippen molar-refractivity contribution in [3.8, 4) is 11.1 Å². The van der Waals surface area contributed by atoms with Gasteiger partial charge in [0.25, 0.3) is 0 Å². The number of ether oxygens (including phenoxy) is 1. The molecule has 8 nitrogen and oxygen atoms in total. The number of carbonyl (C=O) groups excluding carboxylic acids is 2. The summed E-state index contributed by atoms with van der Waals surface area (Å²) < 4.78 is 5.48. The molecular formula is C23H26N2O6. The molecule has 2 atom stereocenters. The highest BCUT2D eigenvalue weighted by Gasteiger charge is 2.29. The molecule has 0 saturated heterocycles. The van der Waals surface area contributed by atoms with Gasteiger partial charge in [0, 0.05) is 18.4 Å². The summed E-state index contributed by atoms with van der Waals surface area (Å²) in [5.74, 6) is -1.97. The summed E-state index contributed by atoms with van der Waals surface area (Å²) in [6, 6.07) is 14.1. The van der Waals surface area contributed by atoms with Crippen LogP contribution in [0.3, 0.4) is 0 Å². The minimum absolute atomic E-state index is 0.0672. The van der Waals surface area contributed by atoms with E-state index in [-0.39, 0.29) is 18.9 Å². The number of hydrogen-bond donors (Lipinski definition) is 4. The molecule has 2 aromatic rings. The quantitative estimate of drug-likeness (QED) is 0.487. The molecule has 0 radical (unpaired) electrons. The first-order valence-corrected chi connectivity index (χ1v) is 10.2. The molecule has 1 aliphatic rings. The van der Waals surface area contributed by atoms with E-state index in [4.69, 9.17) is 14.9 Å². The molecule has 3 rings (SSSR count). The fourth-order valence-corrected chi connectivity index (χ4v) is 3.77. The highest BCUT2D eigenvalue weighted by Crippen LogP contribution is 2.44. The highest BCUT2D eigenvalue weighted by molar-refractivity contribution is 5.84. The fraction of sp³-hybridized carbons (Fsp3) is 0.348. The predicted octanol–water partition coefficient (Wildman–Crippen LogP) is 2.26. The van der Waals surface area contributed by atoms with Crippen molar-refractivity contribution in [3.63, 3.8) is 0 Å². The minimum Gasteiger partial charge on any atom is -0.480 e. The highest BCUT2D eigenvalue weighted by atomic mass is 16.5. The molecule has 8 heteroatoms. The molecule has 0 aliphatic heterocycles. The number of alkyl carbamates (subject to hydrolysis) is 1. The van der Waals surface area contributed by atoms with Gasteiger partial charge in [-0.2, -0.15) is 0 Å². The van der Waals surface area contributed by atoms with Crippen LogP contribution in [0, 0.1) is 0 Å². The molecule has 0 fully saturated rings. The molecule has 2 unspecified atom stereocenters. The average molecular weight is 426 g/mol. The van der Waals surface area contributed by atoms with Crippen LogP contribution in [-0.4, -0.2) is 53.5 Å². The molecule has 0 saturated carbocycles. The summed E-state index contributed by atoms with van der Waals surface area (Å²) in [7, 11) is 0. The van der Waals surface area contributed by atoms with Crippen molar-refractivity contribution < 1.29 is 29.3 Å². The molecule has 0 spiro atoms. The van der Waals surface area contributed by atoms with Crippen molar-refractivity contribution in [2.24, 2.45) is 0 Å². The Morgan fingerprint density at radius 2 is 1.58 bits per heavy atom. The van der Waals surface area contributed by atoms with E-state index < -0.39 is 36.7 Å². The molecule has 0 aromatic heterocycles. The number of carbonyl (C=O) groups is 3. The lowest BCUT2D eigenvalue weighted by Crippen LogP contribution is -2.46. The van der Waals surface area contributed by atoms with Crippen LogP contribution in [0.1, 0.15) is 36.8 Å². The van der Waals surface area contributed by atoms with Crippen molar-refractivity contribution in [1.29, 1.82) is 0 Å². The lowest BCUT2D eigenvalue weighted by atomic mass is 9.98. The van der Waals surface area contributed by atoms with Gasteiger partial charge in [0.1, 0.15) is 12.6 Å². The third-order valence-corrected chi connectivity index (χ3v) is 5.41. The van der Waals surface area contributed by atoms with Gasteiger partial charge in [0.15, 0.2) is 0 Å². The molecule has 1 aliphatic carbocycles. The fourth-order valence-electron chi connectivity index (χ4n) is 3.77. The summed E-state index contributed by atoms with van der Waals surface area (Å²) in [6.07, 6.45) is -0.308. The van der Waals surface area contributed by atoms with Crippen molar-refractivity contribution >= 4 is 18.0 Å². The second-order valence-electron chi connectivity index (χ2n) is 7.42. The number of aliphatic hydroxyl groups is 1. The Balaban J connectivity index is 1.57. The normalized spacial score (nSPS) is 14.1. The first kappa shape index (κ1) is 22.3. The third kappa shape index (κ3) is 5.21. The lowest BCUT2D eigenvalue weighted by Gasteiger charge is -2.19. The van der Waals surface area contributed by atoms with Crippen LogP contribution in [0.2, 0.25) is 0 Å².